The lowest BCUT2D eigenvalue weighted by Gasteiger charge is -2.16. The second-order valence-corrected chi connectivity index (χ2v) is 7.65. The van der Waals surface area contributed by atoms with Crippen LogP contribution in [0.3, 0.4) is 0 Å². The molecule has 1 atom stereocenters. The fourth-order valence-corrected chi connectivity index (χ4v) is 4.02. The standard InChI is InChI=1S/C22H22N6O3/c1-31-19-10-17-14(9-18(19)28-22(30)16-3-2-6-23-16)21(25-11-24-17)26-13-4-5-15-12(7-13)8-20(29)27-15/h4-5,7,9-11,16,23H,2-3,6,8H2,1H3,(H,27,29)(H,28,30)(H,24,25,26). The van der Waals surface area contributed by atoms with E-state index in [1.165, 1.54) is 6.33 Å². The van der Waals surface area contributed by atoms with Crippen molar-refractivity contribution in [2.24, 2.45) is 0 Å². The van der Waals surface area contributed by atoms with Crippen LogP contribution in [0.4, 0.5) is 22.9 Å². The minimum absolute atomic E-state index is 0.0103. The van der Waals surface area contributed by atoms with Crippen LogP contribution in [0.5, 0.6) is 5.75 Å². The number of carbonyl (C=O) groups is 2. The molecule has 2 aliphatic heterocycles. The molecule has 2 aliphatic rings. The molecule has 2 aromatic carbocycles. The van der Waals surface area contributed by atoms with E-state index in [1.54, 1.807) is 13.2 Å². The van der Waals surface area contributed by atoms with Crippen LogP contribution in [0.15, 0.2) is 36.7 Å². The van der Waals surface area contributed by atoms with Crippen molar-refractivity contribution in [2.45, 2.75) is 25.3 Å². The summed E-state index contributed by atoms with van der Waals surface area (Å²) in [6.45, 7) is 0.844. The second kappa shape index (κ2) is 7.84. The highest BCUT2D eigenvalue weighted by molar-refractivity contribution is 6.02. The summed E-state index contributed by atoms with van der Waals surface area (Å²) in [5.41, 5.74) is 3.83. The van der Waals surface area contributed by atoms with Gasteiger partial charge in [-0.15, -0.1) is 0 Å². The molecule has 1 aromatic heterocycles. The average molecular weight is 418 g/mol. The number of nitrogens with one attached hydrogen (secondary N) is 4. The molecule has 2 amide bonds. The third-order valence-electron chi connectivity index (χ3n) is 5.58. The first-order valence-electron chi connectivity index (χ1n) is 10.2. The smallest absolute Gasteiger partial charge is 0.241 e. The summed E-state index contributed by atoms with van der Waals surface area (Å²) in [7, 11) is 1.56. The number of fused-ring (bicyclic) bond motifs is 2. The van der Waals surface area contributed by atoms with Crippen molar-refractivity contribution in [1.82, 2.24) is 15.3 Å². The van der Waals surface area contributed by atoms with Crippen LogP contribution in [0, 0.1) is 0 Å². The number of nitrogens with zero attached hydrogens (tertiary/aromatic N) is 2. The molecule has 0 radical (unpaired) electrons. The van der Waals surface area contributed by atoms with Gasteiger partial charge in [0.1, 0.15) is 17.9 Å². The van der Waals surface area contributed by atoms with E-state index in [0.29, 0.717) is 29.2 Å². The van der Waals surface area contributed by atoms with Crippen molar-refractivity contribution in [3.8, 4) is 5.75 Å². The Labute approximate surface area is 178 Å². The molecule has 1 unspecified atom stereocenters. The monoisotopic (exact) mass is 418 g/mol. The summed E-state index contributed by atoms with van der Waals surface area (Å²) < 4.78 is 5.48. The number of anilines is 4. The molecule has 0 bridgehead atoms. The van der Waals surface area contributed by atoms with Gasteiger partial charge in [0.2, 0.25) is 11.8 Å². The molecule has 0 aliphatic carbocycles. The molecule has 9 heteroatoms. The van der Waals surface area contributed by atoms with E-state index in [1.807, 2.05) is 24.3 Å². The largest absolute Gasteiger partial charge is 0.494 e. The van der Waals surface area contributed by atoms with Crippen LogP contribution >= 0.6 is 0 Å². The van der Waals surface area contributed by atoms with Gasteiger partial charge in [-0.05, 0) is 49.2 Å². The molecule has 0 saturated carbocycles. The molecule has 3 aromatic rings. The number of methoxy groups -OCH3 is 1. The first-order chi connectivity index (χ1) is 15.1. The minimum atomic E-state index is -0.201. The summed E-state index contributed by atoms with van der Waals surface area (Å²) in [5, 5.41) is 13.0. The molecule has 0 spiro atoms. The Balaban J connectivity index is 1.48. The van der Waals surface area contributed by atoms with Gasteiger partial charge in [0.15, 0.2) is 0 Å². The van der Waals surface area contributed by atoms with Crippen molar-refractivity contribution in [3.05, 3.63) is 42.2 Å². The molecule has 31 heavy (non-hydrogen) atoms. The molecule has 3 heterocycles. The lowest BCUT2D eigenvalue weighted by molar-refractivity contribution is -0.118. The molecule has 9 nitrogen and oxygen atoms in total. The topological polar surface area (TPSA) is 117 Å². The Bertz CT molecular complexity index is 1190. The SMILES string of the molecule is COc1cc2ncnc(Nc3ccc4c(c3)CC(=O)N4)c2cc1NC(=O)C1CCCN1. The van der Waals surface area contributed by atoms with Crippen molar-refractivity contribution >= 4 is 45.6 Å². The number of amides is 2. The summed E-state index contributed by atoms with van der Waals surface area (Å²) in [6.07, 6.45) is 3.63. The van der Waals surface area contributed by atoms with Gasteiger partial charge in [0.05, 0.1) is 30.8 Å². The zero-order valence-corrected chi connectivity index (χ0v) is 17.0. The predicted octanol–water partition coefficient (Wildman–Crippen LogP) is 2.57. The minimum Gasteiger partial charge on any atom is -0.494 e. The van der Waals surface area contributed by atoms with E-state index in [4.69, 9.17) is 4.74 Å². The highest BCUT2D eigenvalue weighted by Gasteiger charge is 2.23. The van der Waals surface area contributed by atoms with Gasteiger partial charge in [-0.1, -0.05) is 0 Å². The maximum atomic E-state index is 12.6. The predicted molar refractivity (Wildman–Crippen MR) is 118 cm³/mol. The van der Waals surface area contributed by atoms with Crippen LogP contribution in [0.2, 0.25) is 0 Å². The fraction of sp³-hybridized carbons (Fsp3) is 0.273. The van der Waals surface area contributed by atoms with Crippen LogP contribution < -0.4 is 26.0 Å². The van der Waals surface area contributed by atoms with Gasteiger partial charge in [-0.2, -0.15) is 0 Å². The second-order valence-electron chi connectivity index (χ2n) is 7.65. The lowest BCUT2D eigenvalue weighted by atomic mass is 10.1. The molecule has 5 rings (SSSR count). The van der Waals surface area contributed by atoms with E-state index in [0.717, 1.165) is 41.7 Å². The summed E-state index contributed by atoms with van der Waals surface area (Å²) in [6, 6.07) is 9.09. The number of hydrogen-bond acceptors (Lipinski definition) is 7. The van der Waals surface area contributed by atoms with E-state index >= 15 is 0 Å². The number of aromatic nitrogens is 2. The van der Waals surface area contributed by atoms with Crippen LogP contribution in [0.1, 0.15) is 18.4 Å². The van der Waals surface area contributed by atoms with Gasteiger partial charge >= 0.3 is 0 Å². The van der Waals surface area contributed by atoms with Crippen molar-refractivity contribution in [2.75, 3.05) is 29.6 Å². The van der Waals surface area contributed by atoms with Crippen LogP contribution in [0.25, 0.3) is 10.9 Å². The van der Waals surface area contributed by atoms with Crippen LogP contribution in [-0.4, -0.2) is 41.5 Å². The Morgan fingerprint density at radius 1 is 1.23 bits per heavy atom. The molecule has 1 saturated heterocycles. The Morgan fingerprint density at radius 2 is 2.13 bits per heavy atom. The third-order valence-corrected chi connectivity index (χ3v) is 5.58. The third kappa shape index (κ3) is 3.75. The number of benzene rings is 2. The first-order valence-corrected chi connectivity index (χ1v) is 10.2. The Morgan fingerprint density at radius 3 is 2.94 bits per heavy atom. The zero-order valence-electron chi connectivity index (χ0n) is 17.0. The van der Waals surface area contributed by atoms with E-state index in [9.17, 15) is 9.59 Å². The summed E-state index contributed by atoms with van der Waals surface area (Å²) in [5.74, 6) is 1.03. The average Bonchev–Trinajstić information content (AvgIpc) is 3.42. The Hall–Kier alpha value is -3.72. The van der Waals surface area contributed by atoms with E-state index in [2.05, 4.69) is 31.2 Å². The quantitative estimate of drug-likeness (QED) is 0.503. The van der Waals surface area contributed by atoms with E-state index in [-0.39, 0.29) is 17.9 Å². The number of carbonyl (C=O) groups excluding carboxylic acids is 2. The van der Waals surface area contributed by atoms with Gasteiger partial charge in [-0.3, -0.25) is 9.59 Å². The maximum absolute atomic E-state index is 12.6. The normalized spacial score (nSPS) is 17.3. The zero-order chi connectivity index (χ0) is 21.4. The number of hydrogen-bond donors (Lipinski definition) is 4. The summed E-state index contributed by atoms with van der Waals surface area (Å²) >= 11 is 0. The maximum Gasteiger partial charge on any atom is 0.241 e. The molecular formula is C22H22N6O3. The highest BCUT2D eigenvalue weighted by atomic mass is 16.5. The number of rotatable bonds is 5. The van der Waals surface area contributed by atoms with Gasteiger partial charge in [0, 0.05) is 22.8 Å². The van der Waals surface area contributed by atoms with E-state index < -0.39 is 0 Å². The lowest BCUT2D eigenvalue weighted by Crippen LogP contribution is -2.35. The van der Waals surface area contributed by atoms with Crippen molar-refractivity contribution in [3.63, 3.8) is 0 Å². The molecular weight excluding hydrogens is 396 g/mol. The Kier molecular flexibility index (Phi) is 4.87. The van der Waals surface area contributed by atoms with Crippen molar-refractivity contribution in [1.29, 1.82) is 0 Å². The molecule has 158 valence electrons. The molecule has 1 fully saturated rings. The first kappa shape index (κ1) is 19.3. The number of ether oxygens (including phenoxy) is 1. The van der Waals surface area contributed by atoms with Gasteiger partial charge in [0.25, 0.3) is 0 Å². The van der Waals surface area contributed by atoms with Crippen molar-refractivity contribution < 1.29 is 14.3 Å². The van der Waals surface area contributed by atoms with Gasteiger partial charge in [-0.25, -0.2) is 9.97 Å². The van der Waals surface area contributed by atoms with Crippen LogP contribution in [-0.2, 0) is 16.0 Å². The molecule has 4 N–H and O–H groups in total. The van der Waals surface area contributed by atoms with Gasteiger partial charge < -0.3 is 26.0 Å². The summed E-state index contributed by atoms with van der Waals surface area (Å²) in [4.78, 5) is 33.0. The fourth-order valence-electron chi connectivity index (χ4n) is 4.02. The highest BCUT2D eigenvalue weighted by Crippen LogP contribution is 2.34.